The zero-order valence-electron chi connectivity index (χ0n) is 24.6. The van der Waals surface area contributed by atoms with Crippen molar-refractivity contribution in [3.63, 3.8) is 0 Å². The van der Waals surface area contributed by atoms with E-state index in [0.717, 1.165) is 48.3 Å². The number of benzene rings is 5. The van der Waals surface area contributed by atoms with Crippen molar-refractivity contribution in [1.82, 2.24) is 9.97 Å². The molecule has 0 atom stereocenters. The van der Waals surface area contributed by atoms with Crippen molar-refractivity contribution in [1.29, 1.82) is 0 Å². The van der Waals surface area contributed by atoms with E-state index in [1.807, 2.05) is 84.9 Å². The van der Waals surface area contributed by atoms with Crippen molar-refractivity contribution < 1.29 is 6.85 Å². The molecule has 2 heterocycles. The minimum absolute atomic E-state index is 0.198. The largest absolute Gasteiger partial charge is 0.228 e. The Labute approximate surface area is 226 Å². The molecule has 7 rings (SSSR count). The van der Waals surface area contributed by atoms with Crippen LogP contribution >= 0.6 is 11.3 Å². The Morgan fingerprint density at radius 3 is 1.73 bits per heavy atom. The molecule has 7 aromatic rings. The summed E-state index contributed by atoms with van der Waals surface area (Å²) in [5.41, 5.74) is 5.41. The van der Waals surface area contributed by atoms with E-state index >= 15 is 0 Å². The maximum Gasteiger partial charge on any atom is 0.160 e. The van der Waals surface area contributed by atoms with Crippen LogP contribution in [0.1, 0.15) is 6.85 Å². The lowest BCUT2D eigenvalue weighted by Gasteiger charge is -2.09. The van der Waals surface area contributed by atoms with Gasteiger partial charge in [0.05, 0.1) is 18.2 Å². The van der Waals surface area contributed by atoms with Gasteiger partial charge in [-0.25, -0.2) is 9.97 Å². The fourth-order valence-corrected chi connectivity index (χ4v) is 5.74. The van der Waals surface area contributed by atoms with Crippen molar-refractivity contribution >= 4 is 31.5 Å². The molecule has 0 saturated heterocycles. The van der Waals surface area contributed by atoms with Crippen molar-refractivity contribution in [2.24, 2.45) is 0 Å². The quantitative estimate of drug-likeness (QED) is 0.243. The van der Waals surface area contributed by atoms with Crippen LogP contribution in [-0.4, -0.2) is 9.97 Å². The highest BCUT2D eigenvalue weighted by molar-refractivity contribution is 7.25. The summed E-state index contributed by atoms with van der Waals surface area (Å²) in [6, 6.07) is 32.6. The Morgan fingerprint density at radius 2 is 1.05 bits per heavy atom. The second-order valence-electron chi connectivity index (χ2n) is 8.72. The fraction of sp³-hybridized carbons (Fsp3) is 0. The lowest BCUT2D eigenvalue weighted by molar-refractivity contribution is 1.18. The first kappa shape index (κ1) is 17.0. The summed E-state index contributed by atoms with van der Waals surface area (Å²) in [7, 11) is 0. The monoisotopic (exact) mass is 495 g/mol. The molecule has 0 saturated carbocycles. The summed E-state index contributed by atoms with van der Waals surface area (Å²) in [4.78, 5) is 9.85. The summed E-state index contributed by atoms with van der Waals surface area (Å²) in [6.45, 7) is 0. The van der Waals surface area contributed by atoms with Crippen LogP contribution in [0.3, 0.4) is 0 Å². The Morgan fingerprint density at radius 1 is 0.486 bits per heavy atom. The van der Waals surface area contributed by atoms with Gasteiger partial charge in [0.15, 0.2) is 5.82 Å². The van der Waals surface area contributed by atoms with Crippen LogP contribution in [0, 0.1) is 0 Å². The van der Waals surface area contributed by atoms with Crippen LogP contribution in [0.15, 0.2) is 133 Å². The molecule has 0 aliphatic heterocycles. The molecule has 0 unspecified atom stereocenters. The van der Waals surface area contributed by atoms with Crippen molar-refractivity contribution in [3.8, 4) is 45.0 Å². The molecular formula is C34H22N2S. The summed E-state index contributed by atoms with van der Waals surface area (Å²) in [6.07, 6.45) is 0. The second kappa shape index (κ2) is 9.12. The van der Waals surface area contributed by atoms with Gasteiger partial charge in [0.2, 0.25) is 0 Å². The van der Waals surface area contributed by atoms with Crippen molar-refractivity contribution in [2.45, 2.75) is 0 Å². The van der Waals surface area contributed by atoms with Gasteiger partial charge in [-0.3, -0.25) is 0 Å². The van der Waals surface area contributed by atoms with Crippen LogP contribution in [0.5, 0.6) is 0 Å². The number of thiophene rings is 1. The third kappa shape index (κ3) is 4.10. The molecule has 0 fully saturated rings. The average Bonchev–Trinajstić information content (AvgIpc) is 3.40. The normalized spacial score (nSPS) is 13.1. The van der Waals surface area contributed by atoms with Crippen molar-refractivity contribution in [2.75, 3.05) is 0 Å². The van der Waals surface area contributed by atoms with Crippen molar-refractivity contribution in [3.05, 3.63) is 133 Å². The summed E-state index contributed by atoms with van der Waals surface area (Å²) >= 11 is 1.61. The van der Waals surface area contributed by atoms with E-state index in [1.165, 1.54) is 0 Å². The number of aromatic nitrogens is 2. The molecule has 37 heavy (non-hydrogen) atoms. The smallest absolute Gasteiger partial charge is 0.160 e. The van der Waals surface area contributed by atoms with E-state index in [4.69, 9.17) is 16.8 Å². The van der Waals surface area contributed by atoms with Gasteiger partial charge in [-0.2, -0.15) is 0 Å². The first-order valence-electron chi connectivity index (χ1n) is 14.4. The van der Waals surface area contributed by atoms with Crippen LogP contribution in [0.2, 0.25) is 0 Å². The van der Waals surface area contributed by atoms with Gasteiger partial charge < -0.3 is 0 Å². The highest BCUT2D eigenvalue weighted by Crippen LogP contribution is 2.38. The van der Waals surface area contributed by atoms with E-state index in [2.05, 4.69) is 18.2 Å². The SMILES string of the molecule is [2H]c1c([2H])c([2H])c(-c2ccc3c(c2)sc2cc(-c4cc(-c5ccccc5)nc(-c5ccccc5)n4)ccc23)c([2H])c1[2H]. The molecule has 0 radical (unpaired) electrons. The van der Waals surface area contributed by atoms with Gasteiger partial charge in [-0.15, -0.1) is 11.3 Å². The summed E-state index contributed by atoms with van der Waals surface area (Å²) in [5.74, 6) is 0.659. The number of hydrogen-bond donors (Lipinski definition) is 0. The van der Waals surface area contributed by atoms with Crippen LogP contribution in [0.4, 0.5) is 0 Å². The molecule has 0 aliphatic carbocycles. The predicted octanol–water partition coefficient (Wildman–Crippen LogP) is 9.51. The minimum atomic E-state index is -0.389. The highest BCUT2D eigenvalue weighted by Gasteiger charge is 2.13. The van der Waals surface area contributed by atoms with E-state index in [-0.39, 0.29) is 35.8 Å². The molecule has 0 N–H and O–H groups in total. The summed E-state index contributed by atoms with van der Waals surface area (Å²) < 4.78 is 42.9. The molecule has 174 valence electrons. The minimum Gasteiger partial charge on any atom is -0.228 e. The van der Waals surface area contributed by atoms with Gasteiger partial charge in [0, 0.05) is 36.9 Å². The van der Waals surface area contributed by atoms with Gasteiger partial charge in [-0.1, -0.05) is 115 Å². The molecule has 5 aromatic carbocycles. The van der Waals surface area contributed by atoms with Gasteiger partial charge in [-0.05, 0) is 29.3 Å². The summed E-state index contributed by atoms with van der Waals surface area (Å²) in [5, 5.41) is 2.14. The zero-order valence-corrected chi connectivity index (χ0v) is 20.4. The highest BCUT2D eigenvalue weighted by atomic mass is 32.1. The third-order valence-corrected chi connectivity index (χ3v) is 7.50. The first-order chi connectivity index (χ1) is 20.4. The number of nitrogens with zero attached hydrogens (tertiary/aromatic N) is 2. The van der Waals surface area contributed by atoms with Gasteiger partial charge >= 0.3 is 0 Å². The molecule has 0 bridgehead atoms. The van der Waals surface area contributed by atoms with E-state index in [9.17, 15) is 0 Å². The molecule has 0 amide bonds. The molecular weight excluding hydrogens is 468 g/mol. The lowest BCUT2D eigenvalue weighted by Crippen LogP contribution is -1.95. The van der Waals surface area contributed by atoms with Crippen LogP contribution in [0.25, 0.3) is 65.2 Å². The number of fused-ring (bicyclic) bond motifs is 3. The van der Waals surface area contributed by atoms with E-state index in [1.54, 1.807) is 11.3 Å². The zero-order chi connectivity index (χ0) is 29.0. The van der Waals surface area contributed by atoms with E-state index < -0.39 is 0 Å². The van der Waals surface area contributed by atoms with E-state index in [0.29, 0.717) is 11.4 Å². The van der Waals surface area contributed by atoms with Crippen LogP contribution < -0.4 is 0 Å². The topological polar surface area (TPSA) is 25.8 Å². The maximum absolute atomic E-state index is 8.39. The molecule has 3 heteroatoms. The maximum atomic E-state index is 8.39. The van der Waals surface area contributed by atoms with Gasteiger partial charge in [0.25, 0.3) is 0 Å². The van der Waals surface area contributed by atoms with Crippen LogP contribution in [-0.2, 0) is 0 Å². The van der Waals surface area contributed by atoms with Gasteiger partial charge in [0.1, 0.15) is 0 Å². The molecule has 2 aromatic heterocycles. The lowest BCUT2D eigenvalue weighted by atomic mass is 10.0. The third-order valence-electron chi connectivity index (χ3n) is 6.39. The molecule has 0 spiro atoms. The fourth-order valence-electron chi connectivity index (χ4n) is 4.55. The standard InChI is InChI=1S/C34H22N2S/c1-4-10-23(11-5-1)26-16-18-28-29-19-17-27(21-33(29)37-32(28)20-26)31-22-30(24-12-6-2-7-13-24)35-34(36-31)25-14-8-3-9-15-25/h1-22H/i1D,4D,5D,10D,11D. The average molecular weight is 496 g/mol. The Bertz CT molecular complexity index is 2060. The Kier molecular flexibility index (Phi) is 4.18. The molecule has 2 nitrogen and oxygen atoms in total. The number of rotatable bonds is 4. The Balaban J connectivity index is 1.37. The number of hydrogen-bond acceptors (Lipinski definition) is 3. The first-order valence-corrected chi connectivity index (χ1v) is 12.7. The second-order valence-corrected chi connectivity index (χ2v) is 9.80. The predicted molar refractivity (Wildman–Crippen MR) is 157 cm³/mol. The Hall–Kier alpha value is -4.60. The molecule has 0 aliphatic rings.